The third kappa shape index (κ3) is 3.08. The van der Waals surface area contributed by atoms with Crippen LogP contribution in [0.15, 0.2) is 21.9 Å². The molecule has 2 aromatic rings. The number of rotatable bonds is 4. The number of thiophene rings is 1. The fraction of sp³-hybridized carbons (Fsp3) is 0.500. The average molecular weight is 321 g/mol. The Hall–Kier alpha value is -1.66. The van der Waals surface area contributed by atoms with Gasteiger partial charge in [0, 0.05) is 0 Å². The largest absolute Gasteiger partial charge is 0.457 e. The summed E-state index contributed by atoms with van der Waals surface area (Å²) in [4.78, 5) is 17.4. The summed E-state index contributed by atoms with van der Waals surface area (Å²) < 4.78 is 10.9. The summed E-state index contributed by atoms with van der Waals surface area (Å²) in [6.45, 7) is 1.82. The molecule has 0 radical (unpaired) electrons. The molecule has 5 nitrogen and oxygen atoms in total. The lowest BCUT2D eigenvalue weighted by molar-refractivity contribution is -0.170. The van der Waals surface area contributed by atoms with Gasteiger partial charge < -0.3 is 14.3 Å². The zero-order valence-electron chi connectivity index (χ0n) is 12.5. The summed E-state index contributed by atoms with van der Waals surface area (Å²) in [5, 5.41) is 12.3. The van der Waals surface area contributed by atoms with Crippen LogP contribution in [0.3, 0.4) is 0 Å². The van der Waals surface area contributed by atoms with Crippen molar-refractivity contribution in [1.29, 1.82) is 0 Å². The number of aliphatic hydroxyl groups is 1. The van der Waals surface area contributed by atoms with E-state index in [4.69, 9.17) is 9.15 Å². The molecule has 1 N–H and O–H groups in total. The minimum absolute atomic E-state index is 0.0296. The molecule has 0 atom stereocenters. The lowest BCUT2D eigenvalue weighted by Crippen LogP contribution is -2.41. The minimum Gasteiger partial charge on any atom is -0.457 e. The Kier molecular flexibility index (Phi) is 4.31. The Morgan fingerprint density at radius 1 is 1.45 bits per heavy atom. The lowest BCUT2D eigenvalue weighted by atomic mass is 9.85. The molecule has 1 fully saturated rings. The van der Waals surface area contributed by atoms with E-state index in [1.807, 2.05) is 17.5 Å². The molecule has 1 aliphatic carbocycles. The van der Waals surface area contributed by atoms with Crippen molar-refractivity contribution in [3.05, 3.63) is 29.0 Å². The maximum atomic E-state index is 12.1. The Labute approximate surface area is 132 Å². The van der Waals surface area contributed by atoms with Gasteiger partial charge in [0.1, 0.15) is 18.1 Å². The first kappa shape index (κ1) is 15.2. The zero-order chi connectivity index (χ0) is 15.6. The van der Waals surface area contributed by atoms with Gasteiger partial charge in [0.05, 0.1) is 4.88 Å². The maximum Gasteiger partial charge on any atom is 0.338 e. The molecule has 0 amide bonds. The van der Waals surface area contributed by atoms with E-state index in [2.05, 4.69) is 4.98 Å². The van der Waals surface area contributed by atoms with Gasteiger partial charge >= 0.3 is 5.97 Å². The quantitative estimate of drug-likeness (QED) is 0.873. The molecule has 2 aromatic heterocycles. The summed E-state index contributed by atoms with van der Waals surface area (Å²) in [6.07, 6.45) is 3.73. The van der Waals surface area contributed by atoms with E-state index in [0.29, 0.717) is 30.2 Å². The second kappa shape index (κ2) is 6.22. The number of esters is 1. The van der Waals surface area contributed by atoms with Crippen molar-refractivity contribution in [2.75, 3.05) is 0 Å². The van der Waals surface area contributed by atoms with Crippen molar-refractivity contribution in [3.63, 3.8) is 0 Å². The van der Waals surface area contributed by atoms with E-state index < -0.39 is 11.6 Å². The molecule has 1 aliphatic rings. The zero-order valence-corrected chi connectivity index (χ0v) is 13.3. The summed E-state index contributed by atoms with van der Waals surface area (Å²) in [6, 6.07) is 3.86. The van der Waals surface area contributed by atoms with E-state index in [-0.39, 0.29) is 6.61 Å². The van der Waals surface area contributed by atoms with Crippen LogP contribution in [0.2, 0.25) is 0 Å². The van der Waals surface area contributed by atoms with E-state index in [0.717, 1.165) is 24.1 Å². The highest BCUT2D eigenvalue weighted by atomic mass is 32.1. The van der Waals surface area contributed by atoms with Crippen LogP contribution < -0.4 is 0 Å². The van der Waals surface area contributed by atoms with Gasteiger partial charge in [-0.2, -0.15) is 0 Å². The first-order valence-electron chi connectivity index (χ1n) is 7.48. The lowest BCUT2D eigenvalue weighted by Gasteiger charge is -2.29. The highest BCUT2D eigenvalue weighted by molar-refractivity contribution is 7.13. The van der Waals surface area contributed by atoms with E-state index in [1.165, 1.54) is 0 Å². The van der Waals surface area contributed by atoms with Crippen LogP contribution in [-0.2, 0) is 16.1 Å². The molecule has 0 aromatic carbocycles. The minimum atomic E-state index is -1.33. The van der Waals surface area contributed by atoms with Gasteiger partial charge in [-0.05, 0) is 44.1 Å². The summed E-state index contributed by atoms with van der Waals surface area (Å²) in [5.41, 5.74) is -0.733. The number of ether oxygens (including phenoxy) is 1. The fourth-order valence-electron chi connectivity index (χ4n) is 2.68. The normalized spacial score (nSPS) is 17.4. The topological polar surface area (TPSA) is 72.6 Å². The van der Waals surface area contributed by atoms with Gasteiger partial charge in [-0.1, -0.05) is 12.5 Å². The fourth-order valence-corrected chi connectivity index (χ4v) is 3.33. The van der Waals surface area contributed by atoms with Gasteiger partial charge in [0.25, 0.3) is 0 Å². The molecule has 6 heteroatoms. The van der Waals surface area contributed by atoms with Crippen molar-refractivity contribution in [2.24, 2.45) is 0 Å². The van der Waals surface area contributed by atoms with Crippen molar-refractivity contribution < 1.29 is 19.1 Å². The van der Waals surface area contributed by atoms with Crippen LogP contribution in [0.25, 0.3) is 10.8 Å². The third-order valence-electron chi connectivity index (χ3n) is 4.03. The molecular formula is C16H19NO4S. The summed E-state index contributed by atoms with van der Waals surface area (Å²) >= 11 is 1.54. The van der Waals surface area contributed by atoms with Crippen molar-refractivity contribution in [3.8, 4) is 10.8 Å². The van der Waals surface area contributed by atoms with E-state index in [9.17, 15) is 9.90 Å². The van der Waals surface area contributed by atoms with Crippen LogP contribution in [-0.4, -0.2) is 21.7 Å². The standard InChI is InChI=1S/C16H19NO4S/c1-11-12(17-14(21-11)13-6-5-9-22-13)10-20-15(18)16(19)7-3-2-4-8-16/h5-6,9,19H,2-4,7-8,10H2,1H3. The van der Waals surface area contributed by atoms with Crippen LogP contribution in [0.5, 0.6) is 0 Å². The first-order chi connectivity index (χ1) is 10.6. The highest BCUT2D eigenvalue weighted by Gasteiger charge is 2.38. The number of oxazole rings is 1. The van der Waals surface area contributed by atoms with Gasteiger partial charge in [-0.25, -0.2) is 9.78 Å². The Morgan fingerprint density at radius 3 is 2.91 bits per heavy atom. The SMILES string of the molecule is Cc1oc(-c2cccs2)nc1COC(=O)C1(O)CCCCC1. The number of aryl methyl sites for hydroxylation is 1. The molecule has 0 unspecified atom stereocenters. The number of aromatic nitrogens is 1. The Morgan fingerprint density at radius 2 is 2.23 bits per heavy atom. The van der Waals surface area contributed by atoms with Crippen LogP contribution >= 0.6 is 11.3 Å². The van der Waals surface area contributed by atoms with Crippen LogP contribution in [0, 0.1) is 6.92 Å². The second-order valence-corrected chi connectivity index (χ2v) is 6.62. The molecule has 3 rings (SSSR count). The average Bonchev–Trinajstić information content (AvgIpc) is 3.15. The highest BCUT2D eigenvalue weighted by Crippen LogP contribution is 2.30. The number of nitrogens with zero attached hydrogens (tertiary/aromatic N) is 1. The first-order valence-corrected chi connectivity index (χ1v) is 8.36. The maximum absolute atomic E-state index is 12.1. The van der Waals surface area contributed by atoms with Gasteiger partial charge in [-0.3, -0.25) is 0 Å². The molecule has 0 bridgehead atoms. The van der Waals surface area contributed by atoms with Crippen LogP contribution in [0.1, 0.15) is 43.6 Å². The third-order valence-corrected chi connectivity index (χ3v) is 4.88. The number of hydrogen-bond donors (Lipinski definition) is 1. The van der Waals surface area contributed by atoms with Gasteiger partial charge in [-0.15, -0.1) is 11.3 Å². The summed E-state index contributed by atoms with van der Waals surface area (Å²) in [5.74, 6) is 0.619. The molecular weight excluding hydrogens is 302 g/mol. The Bertz CT molecular complexity index is 641. The number of carbonyl (C=O) groups is 1. The molecule has 22 heavy (non-hydrogen) atoms. The van der Waals surface area contributed by atoms with Crippen molar-refractivity contribution >= 4 is 17.3 Å². The number of hydrogen-bond acceptors (Lipinski definition) is 6. The molecule has 2 heterocycles. The van der Waals surface area contributed by atoms with Crippen molar-refractivity contribution in [2.45, 2.75) is 51.2 Å². The van der Waals surface area contributed by atoms with Crippen molar-refractivity contribution in [1.82, 2.24) is 4.98 Å². The van der Waals surface area contributed by atoms with Gasteiger partial charge in [0.15, 0.2) is 5.60 Å². The second-order valence-electron chi connectivity index (χ2n) is 5.67. The predicted octanol–water partition coefficient (Wildman–Crippen LogP) is 3.45. The van der Waals surface area contributed by atoms with Gasteiger partial charge in [0.2, 0.25) is 5.89 Å². The predicted molar refractivity (Wildman–Crippen MR) is 82.4 cm³/mol. The monoisotopic (exact) mass is 321 g/mol. The van der Waals surface area contributed by atoms with E-state index in [1.54, 1.807) is 18.3 Å². The summed E-state index contributed by atoms with van der Waals surface area (Å²) in [7, 11) is 0. The Balaban J connectivity index is 1.65. The van der Waals surface area contributed by atoms with E-state index >= 15 is 0 Å². The molecule has 0 spiro atoms. The molecule has 1 saturated carbocycles. The smallest absolute Gasteiger partial charge is 0.338 e. The van der Waals surface area contributed by atoms with Crippen LogP contribution in [0.4, 0.5) is 0 Å². The number of carbonyl (C=O) groups excluding carboxylic acids is 1. The molecule has 0 aliphatic heterocycles. The molecule has 0 saturated heterocycles. The molecule has 118 valence electrons.